The van der Waals surface area contributed by atoms with E-state index in [0.717, 1.165) is 12.5 Å². The fourth-order valence-electron chi connectivity index (χ4n) is 2.79. The molecule has 0 radical (unpaired) electrons. The maximum absolute atomic E-state index is 11.3. The number of aromatic amines is 1. The van der Waals surface area contributed by atoms with E-state index in [1.807, 2.05) is 0 Å². The van der Waals surface area contributed by atoms with Gasteiger partial charge in [-0.15, -0.1) is 0 Å². The second-order valence-electron chi connectivity index (χ2n) is 5.32. The van der Waals surface area contributed by atoms with E-state index in [4.69, 9.17) is 0 Å². The third-order valence-corrected chi connectivity index (χ3v) is 3.73. The maximum Gasteiger partial charge on any atom is 0.254 e. The molecule has 4 heteroatoms. The minimum absolute atomic E-state index is 0.170. The van der Waals surface area contributed by atoms with Gasteiger partial charge in [0.2, 0.25) is 5.88 Å². The molecule has 0 bridgehead atoms. The Morgan fingerprint density at radius 1 is 1.17 bits per heavy atom. The van der Waals surface area contributed by atoms with Gasteiger partial charge in [-0.25, -0.2) is 4.98 Å². The maximum atomic E-state index is 11.3. The Morgan fingerprint density at radius 2 is 1.78 bits per heavy atom. The summed E-state index contributed by atoms with van der Waals surface area (Å²) in [5, 5.41) is 9.34. The van der Waals surface area contributed by atoms with Crippen molar-refractivity contribution in [1.29, 1.82) is 0 Å². The van der Waals surface area contributed by atoms with E-state index in [2.05, 4.69) is 9.97 Å². The van der Waals surface area contributed by atoms with Crippen LogP contribution in [0.2, 0.25) is 0 Å². The Morgan fingerprint density at radius 3 is 2.39 bits per heavy atom. The molecule has 0 saturated heterocycles. The molecule has 0 spiro atoms. The van der Waals surface area contributed by atoms with Gasteiger partial charge in [0.1, 0.15) is 5.82 Å². The molecule has 0 amide bonds. The van der Waals surface area contributed by atoms with Crippen LogP contribution in [0.1, 0.15) is 57.2 Å². The van der Waals surface area contributed by atoms with Crippen molar-refractivity contribution < 1.29 is 5.11 Å². The number of aromatic hydroxyl groups is 1. The van der Waals surface area contributed by atoms with E-state index in [9.17, 15) is 9.90 Å². The average Bonchev–Trinajstić information content (AvgIpc) is 2.41. The molecule has 0 unspecified atom stereocenters. The summed E-state index contributed by atoms with van der Waals surface area (Å²) in [5.74, 6) is 1.05. The van der Waals surface area contributed by atoms with Gasteiger partial charge < -0.3 is 10.1 Å². The number of aromatic nitrogens is 2. The molecule has 18 heavy (non-hydrogen) atoms. The van der Waals surface area contributed by atoms with Crippen molar-refractivity contribution in [2.75, 3.05) is 0 Å². The van der Waals surface area contributed by atoms with Crippen LogP contribution < -0.4 is 5.56 Å². The zero-order chi connectivity index (χ0) is 12.8. The Kier molecular flexibility index (Phi) is 4.79. The Hall–Kier alpha value is -1.32. The SMILES string of the molecule is O=c1cc(O)nc(CC2CCCCCCCC2)[nH]1. The van der Waals surface area contributed by atoms with Crippen LogP contribution in [-0.4, -0.2) is 15.1 Å². The first-order valence-electron chi connectivity index (χ1n) is 7.03. The lowest BCUT2D eigenvalue weighted by Gasteiger charge is -2.14. The van der Waals surface area contributed by atoms with Gasteiger partial charge in [0.25, 0.3) is 5.56 Å². The molecule has 100 valence electrons. The van der Waals surface area contributed by atoms with E-state index >= 15 is 0 Å². The summed E-state index contributed by atoms with van der Waals surface area (Å²) in [7, 11) is 0. The van der Waals surface area contributed by atoms with Crippen LogP contribution in [0.3, 0.4) is 0 Å². The molecule has 1 aliphatic rings. The number of nitrogens with zero attached hydrogens (tertiary/aromatic N) is 1. The van der Waals surface area contributed by atoms with Crippen molar-refractivity contribution in [3.05, 3.63) is 22.2 Å². The number of hydrogen-bond acceptors (Lipinski definition) is 3. The van der Waals surface area contributed by atoms with E-state index in [0.29, 0.717) is 11.7 Å². The molecule has 1 aliphatic carbocycles. The summed E-state index contributed by atoms with van der Waals surface area (Å²) in [6.07, 6.45) is 11.1. The summed E-state index contributed by atoms with van der Waals surface area (Å²) in [5.41, 5.74) is -0.263. The fraction of sp³-hybridized carbons (Fsp3) is 0.714. The molecule has 4 nitrogen and oxygen atoms in total. The van der Waals surface area contributed by atoms with Crippen molar-refractivity contribution in [1.82, 2.24) is 9.97 Å². The van der Waals surface area contributed by atoms with Gasteiger partial charge in [-0.1, -0.05) is 51.4 Å². The van der Waals surface area contributed by atoms with Gasteiger partial charge in [-0.05, 0) is 5.92 Å². The molecule has 1 saturated carbocycles. The summed E-state index contributed by atoms with van der Waals surface area (Å²) in [4.78, 5) is 18.0. The molecule has 0 atom stereocenters. The first-order valence-corrected chi connectivity index (χ1v) is 7.03. The van der Waals surface area contributed by atoms with E-state index in [-0.39, 0.29) is 11.4 Å². The number of nitrogens with one attached hydrogen (secondary N) is 1. The van der Waals surface area contributed by atoms with Gasteiger partial charge >= 0.3 is 0 Å². The molecule has 0 aliphatic heterocycles. The van der Waals surface area contributed by atoms with Crippen LogP contribution in [-0.2, 0) is 6.42 Å². The first-order chi connectivity index (χ1) is 8.74. The largest absolute Gasteiger partial charge is 0.493 e. The van der Waals surface area contributed by atoms with E-state index < -0.39 is 0 Å². The quantitative estimate of drug-likeness (QED) is 0.848. The van der Waals surface area contributed by atoms with Gasteiger partial charge in [0.15, 0.2) is 0 Å². The third-order valence-electron chi connectivity index (χ3n) is 3.73. The van der Waals surface area contributed by atoms with Crippen LogP contribution in [0, 0.1) is 5.92 Å². The Labute approximate surface area is 107 Å². The highest BCUT2D eigenvalue weighted by atomic mass is 16.3. The summed E-state index contributed by atoms with van der Waals surface area (Å²) in [6.45, 7) is 0. The lowest BCUT2D eigenvalue weighted by molar-refractivity contribution is 0.407. The number of H-pyrrole nitrogens is 1. The minimum Gasteiger partial charge on any atom is -0.493 e. The second kappa shape index (κ2) is 6.57. The van der Waals surface area contributed by atoms with Crippen molar-refractivity contribution in [3.63, 3.8) is 0 Å². The third kappa shape index (κ3) is 4.17. The zero-order valence-corrected chi connectivity index (χ0v) is 10.8. The highest BCUT2D eigenvalue weighted by Gasteiger charge is 2.13. The predicted octanol–water partition coefficient (Wildman–Crippen LogP) is 2.77. The molecule has 2 rings (SSSR count). The Balaban J connectivity index is 1.99. The lowest BCUT2D eigenvalue weighted by atomic mass is 9.93. The molecule has 1 aromatic heterocycles. The molecule has 0 aromatic carbocycles. The Bertz CT molecular complexity index is 418. The van der Waals surface area contributed by atoms with Gasteiger partial charge in [-0.2, -0.15) is 0 Å². The fourth-order valence-corrected chi connectivity index (χ4v) is 2.79. The molecule has 1 fully saturated rings. The topological polar surface area (TPSA) is 66.0 Å². The highest BCUT2D eigenvalue weighted by molar-refractivity contribution is 5.06. The average molecular weight is 250 g/mol. The predicted molar refractivity (Wildman–Crippen MR) is 70.7 cm³/mol. The lowest BCUT2D eigenvalue weighted by Crippen LogP contribution is -2.14. The second-order valence-corrected chi connectivity index (χ2v) is 5.32. The van der Waals surface area contributed by atoms with E-state index in [1.165, 1.54) is 51.4 Å². The highest BCUT2D eigenvalue weighted by Crippen LogP contribution is 2.24. The van der Waals surface area contributed by atoms with Crippen LogP contribution in [0.25, 0.3) is 0 Å². The van der Waals surface area contributed by atoms with Crippen LogP contribution >= 0.6 is 0 Å². The van der Waals surface area contributed by atoms with Crippen molar-refractivity contribution in [2.45, 2.75) is 57.8 Å². The number of hydrogen-bond donors (Lipinski definition) is 2. The standard InChI is InChI=1S/C14H22N2O2/c17-13-10-14(18)16-12(15-13)9-11-7-5-3-1-2-4-6-8-11/h10-11H,1-9H2,(H2,15,16,17,18). The van der Waals surface area contributed by atoms with Crippen molar-refractivity contribution >= 4 is 0 Å². The van der Waals surface area contributed by atoms with Gasteiger partial charge in [0.05, 0.1) is 6.07 Å². The van der Waals surface area contributed by atoms with Crippen LogP contribution in [0.4, 0.5) is 0 Å². The van der Waals surface area contributed by atoms with Crippen LogP contribution in [0.5, 0.6) is 5.88 Å². The monoisotopic (exact) mass is 250 g/mol. The molecule has 1 aromatic rings. The van der Waals surface area contributed by atoms with Gasteiger partial charge in [0, 0.05) is 6.42 Å². The molecular weight excluding hydrogens is 228 g/mol. The minimum atomic E-state index is -0.263. The van der Waals surface area contributed by atoms with Crippen molar-refractivity contribution in [3.8, 4) is 5.88 Å². The normalized spacial score (nSPS) is 18.9. The van der Waals surface area contributed by atoms with Gasteiger partial charge in [-0.3, -0.25) is 4.79 Å². The smallest absolute Gasteiger partial charge is 0.254 e. The molecule has 1 heterocycles. The zero-order valence-electron chi connectivity index (χ0n) is 10.8. The van der Waals surface area contributed by atoms with Crippen LogP contribution in [0.15, 0.2) is 10.9 Å². The summed E-state index contributed by atoms with van der Waals surface area (Å²) < 4.78 is 0. The summed E-state index contributed by atoms with van der Waals surface area (Å²) >= 11 is 0. The van der Waals surface area contributed by atoms with E-state index in [1.54, 1.807) is 0 Å². The molecule has 2 N–H and O–H groups in total. The molecular formula is C14H22N2O2. The first kappa shape index (κ1) is 13.1. The van der Waals surface area contributed by atoms with Crippen molar-refractivity contribution in [2.24, 2.45) is 5.92 Å². The number of rotatable bonds is 2. The summed E-state index contributed by atoms with van der Waals surface area (Å²) in [6, 6.07) is 1.12.